The first kappa shape index (κ1) is 13.5. The van der Waals surface area contributed by atoms with Crippen molar-refractivity contribution < 1.29 is 4.79 Å². The van der Waals surface area contributed by atoms with Gasteiger partial charge in [0.25, 0.3) is 0 Å². The smallest absolute Gasteiger partial charge is 0.225 e. The fourth-order valence-corrected chi connectivity index (χ4v) is 3.98. The van der Waals surface area contributed by atoms with Gasteiger partial charge in [0.15, 0.2) is 16.8 Å². The molecule has 3 saturated heterocycles. The SMILES string of the molecule is O=C1C2CCN(CC2)C1CN1CNc2c(Cl)nc(Cl)nc21. The van der Waals surface area contributed by atoms with Crippen molar-refractivity contribution in [2.24, 2.45) is 5.92 Å². The van der Waals surface area contributed by atoms with Gasteiger partial charge < -0.3 is 10.2 Å². The van der Waals surface area contributed by atoms with Gasteiger partial charge in [-0.1, -0.05) is 11.6 Å². The number of piperidine rings is 3. The van der Waals surface area contributed by atoms with E-state index in [0.717, 1.165) is 25.9 Å². The van der Waals surface area contributed by atoms with Crippen LogP contribution in [0.4, 0.5) is 11.5 Å². The molecule has 5 heterocycles. The third-order valence-electron chi connectivity index (χ3n) is 4.66. The molecule has 0 aromatic carbocycles. The monoisotopic (exact) mass is 327 g/mol. The lowest BCUT2D eigenvalue weighted by Gasteiger charge is -2.45. The molecular weight excluding hydrogens is 313 g/mol. The Morgan fingerprint density at radius 2 is 2.00 bits per heavy atom. The largest absolute Gasteiger partial charge is 0.362 e. The Kier molecular flexibility index (Phi) is 3.20. The minimum Gasteiger partial charge on any atom is -0.362 e. The first-order chi connectivity index (χ1) is 10.1. The lowest BCUT2D eigenvalue weighted by Crippen LogP contribution is -2.59. The second-order valence-corrected chi connectivity index (χ2v) is 6.46. The maximum atomic E-state index is 12.4. The first-order valence-corrected chi connectivity index (χ1v) is 7.88. The van der Waals surface area contributed by atoms with Crippen LogP contribution in [0.5, 0.6) is 0 Å². The first-order valence-electron chi connectivity index (χ1n) is 7.13. The normalized spacial score (nSPS) is 30.5. The molecular formula is C13H15Cl2N5O. The van der Waals surface area contributed by atoms with Crippen LogP contribution < -0.4 is 10.2 Å². The van der Waals surface area contributed by atoms with E-state index in [1.54, 1.807) is 0 Å². The number of nitrogens with one attached hydrogen (secondary N) is 1. The van der Waals surface area contributed by atoms with Gasteiger partial charge in [-0.15, -0.1) is 0 Å². The molecule has 1 aromatic rings. The molecule has 112 valence electrons. The number of rotatable bonds is 2. The topological polar surface area (TPSA) is 61.4 Å². The minimum absolute atomic E-state index is 0.0437. The lowest BCUT2D eigenvalue weighted by molar-refractivity contribution is -0.136. The molecule has 3 fully saturated rings. The maximum Gasteiger partial charge on any atom is 0.225 e. The number of halogens is 2. The number of aromatic nitrogens is 2. The van der Waals surface area contributed by atoms with Gasteiger partial charge in [-0.25, -0.2) is 4.98 Å². The molecule has 6 nitrogen and oxygen atoms in total. The molecule has 1 aromatic heterocycles. The van der Waals surface area contributed by atoms with Gasteiger partial charge in [-0.3, -0.25) is 9.69 Å². The molecule has 4 aliphatic heterocycles. The Balaban J connectivity index is 1.59. The zero-order chi connectivity index (χ0) is 14.6. The standard InChI is InChI=1S/C13H15Cl2N5O/c14-11-9-12(18-13(15)17-11)20(6-16-9)5-8-10(21)7-1-3-19(8)4-2-7/h7-8,16H,1-6H2. The van der Waals surface area contributed by atoms with Gasteiger partial charge in [0.1, 0.15) is 5.69 Å². The number of hydrogen-bond acceptors (Lipinski definition) is 6. The lowest BCUT2D eigenvalue weighted by atomic mass is 9.82. The fraction of sp³-hybridized carbons (Fsp3) is 0.615. The van der Waals surface area contributed by atoms with Gasteiger partial charge in [0.05, 0.1) is 12.7 Å². The van der Waals surface area contributed by atoms with Gasteiger partial charge in [0, 0.05) is 12.5 Å². The molecule has 1 atom stereocenters. The number of hydrogen-bond donors (Lipinski definition) is 1. The molecule has 0 spiro atoms. The van der Waals surface area contributed by atoms with Crippen LogP contribution in [-0.4, -0.2) is 53.0 Å². The third kappa shape index (κ3) is 2.17. The molecule has 2 bridgehead atoms. The zero-order valence-corrected chi connectivity index (χ0v) is 12.9. The molecule has 4 aliphatic rings. The van der Waals surface area contributed by atoms with E-state index in [1.165, 1.54) is 0 Å². The van der Waals surface area contributed by atoms with Crippen molar-refractivity contribution in [1.82, 2.24) is 14.9 Å². The van der Waals surface area contributed by atoms with Crippen molar-refractivity contribution >= 4 is 40.5 Å². The Morgan fingerprint density at radius 1 is 1.24 bits per heavy atom. The number of carbonyl (C=O) groups excluding carboxylic acids is 1. The summed E-state index contributed by atoms with van der Waals surface area (Å²) in [6.45, 7) is 3.23. The van der Waals surface area contributed by atoms with Crippen LogP contribution in [0.25, 0.3) is 0 Å². The summed E-state index contributed by atoms with van der Waals surface area (Å²) in [5.41, 5.74) is 0.699. The van der Waals surface area contributed by atoms with Crippen LogP contribution in [0.2, 0.25) is 10.4 Å². The summed E-state index contributed by atoms with van der Waals surface area (Å²) in [5, 5.41) is 3.63. The van der Waals surface area contributed by atoms with Crippen LogP contribution >= 0.6 is 23.2 Å². The highest BCUT2D eigenvalue weighted by Crippen LogP contribution is 2.37. The highest BCUT2D eigenvalue weighted by Gasteiger charge is 2.42. The second-order valence-electron chi connectivity index (χ2n) is 5.77. The fourth-order valence-electron chi connectivity index (χ4n) is 3.54. The van der Waals surface area contributed by atoms with Crippen LogP contribution in [0.1, 0.15) is 12.8 Å². The van der Waals surface area contributed by atoms with E-state index in [9.17, 15) is 4.79 Å². The summed E-state index contributed by atoms with van der Waals surface area (Å²) in [6.07, 6.45) is 2.01. The van der Waals surface area contributed by atoms with Crippen molar-refractivity contribution in [2.75, 3.05) is 36.5 Å². The number of Topliss-reactive ketones (excluding diaryl/α,β-unsaturated/α-hetero) is 1. The second kappa shape index (κ2) is 4.97. The zero-order valence-electron chi connectivity index (χ0n) is 11.4. The van der Waals surface area contributed by atoms with E-state index >= 15 is 0 Å². The van der Waals surface area contributed by atoms with Gasteiger partial charge >= 0.3 is 0 Å². The molecule has 0 radical (unpaired) electrons. The Labute approximate surface area is 132 Å². The summed E-state index contributed by atoms with van der Waals surface area (Å²) in [4.78, 5) is 24.9. The average Bonchev–Trinajstić information content (AvgIpc) is 2.86. The van der Waals surface area contributed by atoms with E-state index in [2.05, 4.69) is 20.2 Å². The minimum atomic E-state index is -0.0437. The number of carbonyl (C=O) groups is 1. The molecule has 0 saturated carbocycles. The van der Waals surface area contributed by atoms with Crippen LogP contribution in [0.3, 0.4) is 0 Å². The third-order valence-corrected chi connectivity index (χ3v) is 5.10. The Morgan fingerprint density at radius 3 is 2.71 bits per heavy atom. The predicted molar refractivity (Wildman–Crippen MR) is 81.0 cm³/mol. The molecule has 0 amide bonds. The van der Waals surface area contributed by atoms with Crippen molar-refractivity contribution in [3.63, 3.8) is 0 Å². The van der Waals surface area contributed by atoms with E-state index in [1.807, 2.05) is 4.90 Å². The molecule has 21 heavy (non-hydrogen) atoms. The van der Waals surface area contributed by atoms with Gasteiger partial charge in [-0.2, -0.15) is 4.98 Å². The van der Waals surface area contributed by atoms with Crippen LogP contribution in [0, 0.1) is 5.92 Å². The molecule has 0 aliphatic carbocycles. The quantitative estimate of drug-likeness (QED) is 0.658. The summed E-state index contributed by atoms with van der Waals surface area (Å²) in [7, 11) is 0. The van der Waals surface area contributed by atoms with Gasteiger partial charge in [-0.05, 0) is 37.5 Å². The summed E-state index contributed by atoms with van der Waals surface area (Å²) >= 11 is 12.0. The van der Waals surface area contributed by atoms with Crippen molar-refractivity contribution in [1.29, 1.82) is 0 Å². The van der Waals surface area contributed by atoms with Crippen LogP contribution in [0.15, 0.2) is 0 Å². The molecule has 5 rings (SSSR count). The van der Waals surface area contributed by atoms with Crippen LogP contribution in [-0.2, 0) is 4.79 Å². The highest BCUT2D eigenvalue weighted by atomic mass is 35.5. The van der Waals surface area contributed by atoms with Crippen molar-refractivity contribution in [3.05, 3.63) is 10.4 Å². The van der Waals surface area contributed by atoms with E-state index < -0.39 is 0 Å². The Bertz CT molecular complexity index is 602. The number of anilines is 2. The maximum absolute atomic E-state index is 12.4. The number of fused-ring (bicyclic) bond motifs is 4. The molecule has 1 unspecified atom stereocenters. The average molecular weight is 328 g/mol. The van der Waals surface area contributed by atoms with Crippen molar-refractivity contribution in [2.45, 2.75) is 18.9 Å². The summed E-state index contributed by atoms with van der Waals surface area (Å²) in [5.74, 6) is 1.30. The van der Waals surface area contributed by atoms with E-state index in [0.29, 0.717) is 35.7 Å². The van der Waals surface area contributed by atoms with Gasteiger partial charge in [0.2, 0.25) is 5.28 Å². The predicted octanol–water partition coefficient (Wildman–Crippen LogP) is 1.64. The number of nitrogens with zero attached hydrogens (tertiary/aromatic N) is 4. The Hall–Kier alpha value is -1.11. The summed E-state index contributed by atoms with van der Waals surface area (Å²) < 4.78 is 0. The molecule has 1 N–H and O–H groups in total. The van der Waals surface area contributed by atoms with E-state index in [4.69, 9.17) is 23.2 Å². The number of ketones is 1. The van der Waals surface area contributed by atoms with Crippen molar-refractivity contribution in [3.8, 4) is 0 Å². The van der Waals surface area contributed by atoms with E-state index in [-0.39, 0.29) is 17.2 Å². The highest BCUT2D eigenvalue weighted by molar-refractivity contribution is 6.34. The summed E-state index contributed by atoms with van der Waals surface area (Å²) in [6, 6.07) is -0.0437. The molecule has 8 heteroatoms.